The third kappa shape index (κ3) is 2.82. The first-order chi connectivity index (χ1) is 11.2. The zero-order chi connectivity index (χ0) is 15.8. The Hall–Kier alpha value is -1.98. The van der Waals surface area contributed by atoms with E-state index in [0.717, 1.165) is 46.8 Å². The second kappa shape index (κ2) is 5.91. The van der Waals surface area contributed by atoms with E-state index in [1.165, 1.54) is 0 Å². The van der Waals surface area contributed by atoms with Crippen molar-refractivity contribution in [1.82, 2.24) is 9.97 Å². The molecular formula is C18H19N3OS. The molecule has 1 aliphatic carbocycles. The number of thiophene rings is 1. The first kappa shape index (κ1) is 14.6. The Morgan fingerprint density at radius 3 is 2.74 bits per heavy atom. The molecule has 4 rings (SSSR count). The average Bonchev–Trinajstić information content (AvgIpc) is 3.06. The van der Waals surface area contributed by atoms with Crippen LogP contribution in [0.3, 0.4) is 0 Å². The lowest BCUT2D eigenvalue weighted by molar-refractivity contribution is 0.0464. The number of nitrogens with zero attached hydrogens (tertiary/aromatic N) is 3. The van der Waals surface area contributed by atoms with Crippen molar-refractivity contribution in [3.05, 3.63) is 41.8 Å². The lowest BCUT2D eigenvalue weighted by Gasteiger charge is -2.35. The van der Waals surface area contributed by atoms with Gasteiger partial charge in [0.05, 0.1) is 16.5 Å². The van der Waals surface area contributed by atoms with Crippen LogP contribution in [-0.2, 0) is 0 Å². The van der Waals surface area contributed by atoms with E-state index >= 15 is 0 Å². The summed E-state index contributed by atoms with van der Waals surface area (Å²) in [4.78, 5) is 12.8. The highest BCUT2D eigenvalue weighted by Gasteiger charge is 2.28. The minimum atomic E-state index is -0.114. The van der Waals surface area contributed by atoms with E-state index in [1.54, 1.807) is 11.3 Å². The number of hydrogen-bond acceptors (Lipinski definition) is 5. The van der Waals surface area contributed by atoms with Crippen LogP contribution >= 0.6 is 11.3 Å². The van der Waals surface area contributed by atoms with Gasteiger partial charge in [-0.15, -0.1) is 11.3 Å². The lowest BCUT2D eigenvalue weighted by Crippen LogP contribution is -2.37. The predicted molar refractivity (Wildman–Crippen MR) is 94.9 cm³/mol. The second-order valence-electron chi connectivity index (χ2n) is 6.24. The van der Waals surface area contributed by atoms with Crippen molar-refractivity contribution in [2.75, 3.05) is 18.5 Å². The summed E-state index contributed by atoms with van der Waals surface area (Å²) in [6.45, 7) is 0.919. The van der Waals surface area contributed by atoms with Crippen LogP contribution in [-0.4, -0.2) is 34.8 Å². The molecule has 1 fully saturated rings. The Labute approximate surface area is 139 Å². The standard InChI is InChI=1S/C18H19N3OS/c1-21(11-12-9-13(22)10-12)18-14-5-2-3-6-15(14)19-17(20-18)16-7-4-8-23-16/h2-8,12-13,22H,9-11H2,1H3. The van der Waals surface area contributed by atoms with Crippen molar-refractivity contribution in [2.45, 2.75) is 18.9 Å². The summed E-state index contributed by atoms with van der Waals surface area (Å²) < 4.78 is 0. The lowest BCUT2D eigenvalue weighted by atomic mass is 9.82. The van der Waals surface area contributed by atoms with Crippen LogP contribution in [0.4, 0.5) is 5.82 Å². The molecule has 0 aliphatic heterocycles. The van der Waals surface area contributed by atoms with E-state index in [2.05, 4.69) is 24.1 Å². The number of aromatic nitrogens is 2. The van der Waals surface area contributed by atoms with Crippen LogP contribution in [0.2, 0.25) is 0 Å². The molecule has 3 aromatic rings. The average molecular weight is 325 g/mol. The summed E-state index contributed by atoms with van der Waals surface area (Å²) in [6.07, 6.45) is 1.67. The normalized spacial score (nSPS) is 20.4. The van der Waals surface area contributed by atoms with Gasteiger partial charge in [0.25, 0.3) is 0 Å². The Kier molecular flexibility index (Phi) is 3.75. The van der Waals surface area contributed by atoms with E-state index in [0.29, 0.717) is 5.92 Å². The molecule has 0 atom stereocenters. The van der Waals surface area contributed by atoms with Crippen molar-refractivity contribution in [2.24, 2.45) is 5.92 Å². The van der Waals surface area contributed by atoms with Gasteiger partial charge in [-0.25, -0.2) is 9.97 Å². The Morgan fingerprint density at radius 2 is 2.00 bits per heavy atom. The fraction of sp³-hybridized carbons (Fsp3) is 0.333. The Balaban J connectivity index is 1.74. The van der Waals surface area contributed by atoms with E-state index in [-0.39, 0.29) is 6.10 Å². The van der Waals surface area contributed by atoms with Crippen molar-refractivity contribution in [1.29, 1.82) is 0 Å². The Bertz CT molecular complexity index is 812. The van der Waals surface area contributed by atoms with Crippen LogP contribution in [0.5, 0.6) is 0 Å². The minimum absolute atomic E-state index is 0.114. The molecule has 1 aromatic carbocycles. The quantitative estimate of drug-likeness (QED) is 0.797. The van der Waals surface area contributed by atoms with E-state index < -0.39 is 0 Å². The van der Waals surface area contributed by atoms with Crippen molar-refractivity contribution < 1.29 is 5.11 Å². The van der Waals surface area contributed by atoms with Crippen LogP contribution in [0.15, 0.2) is 41.8 Å². The van der Waals surface area contributed by atoms with Gasteiger partial charge in [-0.1, -0.05) is 18.2 Å². The molecule has 0 saturated heterocycles. The van der Waals surface area contributed by atoms with Gasteiger partial charge in [0.1, 0.15) is 5.82 Å². The molecule has 2 aromatic heterocycles. The monoisotopic (exact) mass is 325 g/mol. The fourth-order valence-corrected chi connectivity index (χ4v) is 3.85. The number of rotatable bonds is 4. The highest BCUT2D eigenvalue weighted by Crippen LogP contribution is 2.32. The third-order valence-electron chi connectivity index (χ3n) is 4.43. The maximum absolute atomic E-state index is 9.50. The number of fused-ring (bicyclic) bond motifs is 1. The molecule has 2 heterocycles. The maximum Gasteiger partial charge on any atom is 0.172 e. The number of aliphatic hydroxyl groups is 1. The van der Waals surface area contributed by atoms with Gasteiger partial charge >= 0.3 is 0 Å². The molecular weight excluding hydrogens is 306 g/mol. The van der Waals surface area contributed by atoms with Gasteiger partial charge in [-0.3, -0.25) is 0 Å². The third-order valence-corrected chi connectivity index (χ3v) is 5.29. The zero-order valence-electron chi connectivity index (χ0n) is 13.0. The summed E-state index contributed by atoms with van der Waals surface area (Å²) >= 11 is 1.66. The number of para-hydroxylation sites is 1. The van der Waals surface area contributed by atoms with Crippen molar-refractivity contribution in [3.8, 4) is 10.7 Å². The first-order valence-electron chi connectivity index (χ1n) is 7.90. The van der Waals surface area contributed by atoms with E-state index in [4.69, 9.17) is 9.97 Å². The molecule has 4 nitrogen and oxygen atoms in total. The van der Waals surface area contributed by atoms with Crippen LogP contribution in [0.1, 0.15) is 12.8 Å². The Morgan fingerprint density at radius 1 is 1.17 bits per heavy atom. The molecule has 0 radical (unpaired) electrons. The molecule has 5 heteroatoms. The number of hydrogen-bond donors (Lipinski definition) is 1. The summed E-state index contributed by atoms with van der Waals surface area (Å²) in [7, 11) is 2.08. The van der Waals surface area contributed by atoms with Crippen molar-refractivity contribution >= 4 is 28.1 Å². The van der Waals surface area contributed by atoms with Gasteiger partial charge < -0.3 is 10.0 Å². The molecule has 1 N–H and O–H groups in total. The fourth-order valence-electron chi connectivity index (χ4n) is 3.19. The van der Waals surface area contributed by atoms with Gasteiger partial charge in [-0.05, 0) is 42.3 Å². The molecule has 1 aliphatic rings. The second-order valence-corrected chi connectivity index (χ2v) is 7.18. The summed E-state index contributed by atoms with van der Waals surface area (Å²) in [5, 5.41) is 12.6. The van der Waals surface area contributed by atoms with E-state index in [9.17, 15) is 5.11 Å². The number of anilines is 1. The molecule has 118 valence electrons. The number of benzene rings is 1. The molecule has 23 heavy (non-hydrogen) atoms. The summed E-state index contributed by atoms with van der Waals surface area (Å²) in [5.74, 6) is 2.31. The minimum Gasteiger partial charge on any atom is -0.393 e. The highest BCUT2D eigenvalue weighted by atomic mass is 32.1. The summed E-state index contributed by atoms with van der Waals surface area (Å²) in [5.41, 5.74) is 0.974. The predicted octanol–water partition coefficient (Wildman–Crippen LogP) is 3.57. The zero-order valence-corrected chi connectivity index (χ0v) is 13.8. The highest BCUT2D eigenvalue weighted by molar-refractivity contribution is 7.13. The number of aliphatic hydroxyl groups excluding tert-OH is 1. The smallest absolute Gasteiger partial charge is 0.172 e. The van der Waals surface area contributed by atoms with Gasteiger partial charge in [-0.2, -0.15) is 0 Å². The van der Waals surface area contributed by atoms with Gasteiger partial charge in [0.15, 0.2) is 5.82 Å². The largest absolute Gasteiger partial charge is 0.393 e. The SMILES string of the molecule is CN(CC1CC(O)C1)c1nc(-c2cccs2)nc2ccccc12. The van der Waals surface area contributed by atoms with E-state index in [1.807, 2.05) is 29.6 Å². The summed E-state index contributed by atoms with van der Waals surface area (Å²) in [6, 6.07) is 12.2. The first-order valence-corrected chi connectivity index (χ1v) is 8.78. The molecule has 0 amide bonds. The molecule has 0 unspecified atom stereocenters. The van der Waals surface area contributed by atoms with Crippen molar-refractivity contribution in [3.63, 3.8) is 0 Å². The molecule has 1 saturated carbocycles. The van der Waals surface area contributed by atoms with Crippen LogP contribution in [0, 0.1) is 5.92 Å². The molecule has 0 bridgehead atoms. The van der Waals surface area contributed by atoms with Crippen LogP contribution in [0.25, 0.3) is 21.6 Å². The van der Waals surface area contributed by atoms with Gasteiger partial charge in [0.2, 0.25) is 0 Å². The maximum atomic E-state index is 9.50. The topological polar surface area (TPSA) is 49.2 Å². The van der Waals surface area contributed by atoms with Crippen LogP contribution < -0.4 is 4.90 Å². The molecule has 0 spiro atoms. The van der Waals surface area contributed by atoms with Gasteiger partial charge in [0, 0.05) is 19.0 Å².